The summed E-state index contributed by atoms with van der Waals surface area (Å²) in [6, 6.07) is 4.71. The Bertz CT molecular complexity index is 477. The predicted molar refractivity (Wildman–Crippen MR) is 69.6 cm³/mol. The quantitative estimate of drug-likeness (QED) is 0.845. The molecule has 1 fully saturated rings. The Labute approximate surface area is 111 Å². The third-order valence-electron chi connectivity index (χ3n) is 2.58. The molecule has 1 aliphatic rings. The molecule has 0 radical (unpaired) electrons. The van der Waals surface area contributed by atoms with Gasteiger partial charge >= 0.3 is 6.09 Å². The molecular formula is C13H17FN2O3. The van der Waals surface area contributed by atoms with Gasteiger partial charge in [0.1, 0.15) is 12.4 Å². The van der Waals surface area contributed by atoms with E-state index >= 15 is 0 Å². The van der Waals surface area contributed by atoms with E-state index in [2.05, 4.69) is 5.32 Å². The Morgan fingerprint density at radius 2 is 2.11 bits per heavy atom. The van der Waals surface area contributed by atoms with E-state index in [-0.39, 0.29) is 11.7 Å². The molecule has 0 saturated carbocycles. The smallest absolute Gasteiger partial charge is 0.414 e. The van der Waals surface area contributed by atoms with Crippen LogP contribution in [0.3, 0.4) is 0 Å². The lowest BCUT2D eigenvalue weighted by Crippen LogP contribution is -2.23. The SMILES string of the molecule is CNC(C)=O.Cc1ccc(N2CCOC2=O)cc1F. The van der Waals surface area contributed by atoms with Gasteiger partial charge in [-0.2, -0.15) is 0 Å². The van der Waals surface area contributed by atoms with E-state index in [1.54, 1.807) is 26.1 Å². The van der Waals surface area contributed by atoms with Gasteiger partial charge in [0.15, 0.2) is 0 Å². The summed E-state index contributed by atoms with van der Waals surface area (Å²) in [6.45, 7) is 4.01. The summed E-state index contributed by atoms with van der Waals surface area (Å²) in [4.78, 5) is 22.3. The third-order valence-corrected chi connectivity index (χ3v) is 2.58. The molecule has 0 spiro atoms. The molecule has 0 aromatic heterocycles. The topological polar surface area (TPSA) is 58.6 Å². The van der Waals surface area contributed by atoms with Crippen molar-refractivity contribution in [3.63, 3.8) is 0 Å². The molecule has 0 bridgehead atoms. The molecular weight excluding hydrogens is 251 g/mol. The van der Waals surface area contributed by atoms with Crippen LogP contribution < -0.4 is 10.2 Å². The van der Waals surface area contributed by atoms with Crippen molar-refractivity contribution >= 4 is 17.7 Å². The average molecular weight is 268 g/mol. The zero-order valence-electron chi connectivity index (χ0n) is 11.2. The molecule has 1 aromatic rings. The number of aryl methyl sites for hydroxylation is 1. The molecule has 1 aliphatic heterocycles. The average Bonchev–Trinajstić information content (AvgIpc) is 2.80. The Balaban J connectivity index is 0.000000312. The highest BCUT2D eigenvalue weighted by Crippen LogP contribution is 2.21. The van der Waals surface area contributed by atoms with Crippen LogP contribution in [-0.4, -0.2) is 32.2 Å². The first-order valence-corrected chi connectivity index (χ1v) is 5.84. The monoisotopic (exact) mass is 268 g/mol. The van der Waals surface area contributed by atoms with E-state index in [0.717, 1.165) is 0 Å². The Kier molecular flexibility index (Phi) is 5.29. The lowest BCUT2D eigenvalue weighted by Gasteiger charge is -2.12. The Morgan fingerprint density at radius 3 is 2.53 bits per heavy atom. The van der Waals surface area contributed by atoms with E-state index in [9.17, 15) is 14.0 Å². The lowest BCUT2D eigenvalue weighted by molar-refractivity contribution is -0.118. The number of hydrogen-bond acceptors (Lipinski definition) is 3. The van der Waals surface area contributed by atoms with Gasteiger partial charge < -0.3 is 10.1 Å². The summed E-state index contributed by atoms with van der Waals surface area (Å²) in [5.41, 5.74) is 1.12. The third kappa shape index (κ3) is 4.24. The number of benzene rings is 1. The van der Waals surface area contributed by atoms with Crippen LogP contribution in [0.5, 0.6) is 0 Å². The van der Waals surface area contributed by atoms with Crippen molar-refractivity contribution in [2.24, 2.45) is 0 Å². The zero-order chi connectivity index (χ0) is 14.4. The largest absolute Gasteiger partial charge is 0.447 e. The summed E-state index contributed by atoms with van der Waals surface area (Å²) in [7, 11) is 1.60. The highest BCUT2D eigenvalue weighted by molar-refractivity contribution is 5.89. The Morgan fingerprint density at radius 1 is 1.47 bits per heavy atom. The molecule has 104 valence electrons. The second-order valence-corrected chi connectivity index (χ2v) is 4.01. The van der Waals surface area contributed by atoms with Gasteiger partial charge in [-0.15, -0.1) is 0 Å². The van der Waals surface area contributed by atoms with E-state index in [4.69, 9.17) is 4.74 Å². The van der Waals surface area contributed by atoms with Crippen LogP contribution in [0.2, 0.25) is 0 Å². The second kappa shape index (κ2) is 6.72. The van der Waals surface area contributed by atoms with E-state index in [1.807, 2.05) is 0 Å². The Hall–Kier alpha value is -2.11. The summed E-state index contributed by atoms with van der Waals surface area (Å²) in [5.74, 6) is -0.299. The van der Waals surface area contributed by atoms with E-state index < -0.39 is 6.09 Å². The number of ether oxygens (including phenoxy) is 1. The molecule has 0 aliphatic carbocycles. The molecule has 0 atom stereocenters. The maximum atomic E-state index is 13.2. The standard InChI is InChI=1S/C10H10FNO2.C3H7NO/c1-7-2-3-8(6-9(7)11)12-4-5-14-10(12)13;1-3(5)4-2/h2-3,6H,4-5H2,1H3;1-2H3,(H,4,5). The van der Waals surface area contributed by atoms with Crippen LogP contribution >= 0.6 is 0 Å². The zero-order valence-corrected chi connectivity index (χ0v) is 11.2. The number of nitrogens with zero attached hydrogens (tertiary/aromatic N) is 1. The fourth-order valence-electron chi connectivity index (χ4n) is 1.38. The van der Waals surface area contributed by atoms with Crippen molar-refractivity contribution in [1.82, 2.24) is 5.32 Å². The molecule has 6 heteroatoms. The minimum Gasteiger partial charge on any atom is -0.447 e. The van der Waals surface area contributed by atoms with Crippen molar-refractivity contribution < 1.29 is 18.7 Å². The van der Waals surface area contributed by atoms with Crippen LogP contribution in [0.25, 0.3) is 0 Å². The lowest BCUT2D eigenvalue weighted by atomic mass is 10.2. The van der Waals surface area contributed by atoms with Gasteiger partial charge in [0.05, 0.1) is 12.2 Å². The van der Waals surface area contributed by atoms with E-state index in [1.165, 1.54) is 17.9 Å². The van der Waals surface area contributed by atoms with Gasteiger partial charge in [-0.3, -0.25) is 9.69 Å². The highest BCUT2D eigenvalue weighted by Gasteiger charge is 2.23. The van der Waals surface area contributed by atoms with Crippen LogP contribution in [0.15, 0.2) is 18.2 Å². The number of carbonyl (C=O) groups excluding carboxylic acids is 2. The number of amides is 2. The summed E-state index contributed by atoms with van der Waals surface area (Å²) in [6.07, 6.45) is -0.409. The number of carbonyl (C=O) groups is 2. The van der Waals surface area contributed by atoms with Crippen LogP contribution in [0.1, 0.15) is 12.5 Å². The summed E-state index contributed by atoms with van der Waals surface area (Å²) >= 11 is 0. The molecule has 2 rings (SSSR count). The first-order chi connectivity index (χ1) is 8.95. The maximum Gasteiger partial charge on any atom is 0.414 e. The number of cyclic esters (lactones) is 1. The van der Waals surface area contributed by atoms with Crippen molar-refractivity contribution in [2.45, 2.75) is 13.8 Å². The first-order valence-electron chi connectivity index (χ1n) is 5.84. The number of anilines is 1. The van der Waals surface area contributed by atoms with Gasteiger partial charge in [-0.05, 0) is 24.6 Å². The predicted octanol–water partition coefficient (Wildman–Crippen LogP) is 1.84. The minimum absolute atomic E-state index is 0.00463. The van der Waals surface area contributed by atoms with Crippen molar-refractivity contribution in [2.75, 3.05) is 25.1 Å². The molecule has 19 heavy (non-hydrogen) atoms. The van der Waals surface area contributed by atoms with Crippen molar-refractivity contribution in [3.8, 4) is 0 Å². The van der Waals surface area contributed by atoms with Gasteiger partial charge in [0.2, 0.25) is 5.91 Å². The second-order valence-electron chi connectivity index (χ2n) is 4.01. The number of rotatable bonds is 1. The molecule has 1 heterocycles. The van der Waals surface area contributed by atoms with Gasteiger partial charge in [-0.1, -0.05) is 6.07 Å². The number of halogens is 1. The molecule has 1 N–H and O–H groups in total. The molecule has 5 nitrogen and oxygen atoms in total. The summed E-state index contributed by atoms with van der Waals surface area (Å²) in [5, 5.41) is 2.39. The first kappa shape index (κ1) is 14.9. The van der Waals surface area contributed by atoms with Crippen molar-refractivity contribution in [1.29, 1.82) is 0 Å². The van der Waals surface area contributed by atoms with E-state index in [0.29, 0.717) is 24.4 Å². The van der Waals surface area contributed by atoms with Gasteiger partial charge in [0, 0.05) is 14.0 Å². The fraction of sp³-hybridized carbons (Fsp3) is 0.385. The van der Waals surface area contributed by atoms with Gasteiger partial charge in [0.25, 0.3) is 0 Å². The van der Waals surface area contributed by atoms with Crippen molar-refractivity contribution in [3.05, 3.63) is 29.6 Å². The molecule has 1 saturated heterocycles. The highest BCUT2D eigenvalue weighted by atomic mass is 19.1. The van der Waals surface area contributed by atoms with Crippen LogP contribution in [0.4, 0.5) is 14.9 Å². The minimum atomic E-state index is -0.409. The molecule has 0 unspecified atom stereocenters. The maximum absolute atomic E-state index is 13.2. The molecule has 1 aromatic carbocycles. The van der Waals surface area contributed by atoms with Gasteiger partial charge in [-0.25, -0.2) is 9.18 Å². The fourth-order valence-corrected chi connectivity index (χ4v) is 1.38. The van der Waals surface area contributed by atoms with Crippen LogP contribution in [0, 0.1) is 12.7 Å². The van der Waals surface area contributed by atoms with Crippen LogP contribution in [-0.2, 0) is 9.53 Å². The number of hydrogen-bond donors (Lipinski definition) is 1. The number of nitrogens with one attached hydrogen (secondary N) is 1. The normalized spacial score (nSPS) is 13.5. The summed E-state index contributed by atoms with van der Waals surface area (Å²) < 4.78 is 17.9. The molecule has 2 amide bonds.